The summed E-state index contributed by atoms with van der Waals surface area (Å²) in [5.74, 6) is -1.97. The summed E-state index contributed by atoms with van der Waals surface area (Å²) in [6.45, 7) is 4.25. The number of hydrogen-bond acceptors (Lipinski definition) is 6. The molecular formula is C32H40Cl2N4O6. The third-order valence-electron chi connectivity index (χ3n) is 7.70. The van der Waals surface area contributed by atoms with Crippen molar-refractivity contribution in [3.05, 3.63) is 69.7 Å². The first-order valence-corrected chi connectivity index (χ1v) is 15.8. The van der Waals surface area contributed by atoms with Gasteiger partial charge in [-0.25, -0.2) is 4.79 Å². The minimum absolute atomic E-state index is 0.00310. The van der Waals surface area contributed by atoms with Crippen LogP contribution in [0, 0.1) is 11.8 Å². The van der Waals surface area contributed by atoms with Crippen molar-refractivity contribution >= 4 is 47.0 Å². The van der Waals surface area contributed by atoms with Crippen molar-refractivity contribution in [2.75, 3.05) is 6.54 Å². The highest BCUT2D eigenvalue weighted by molar-refractivity contribution is 6.30. The van der Waals surface area contributed by atoms with Gasteiger partial charge in [-0.1, -0.05) is 61.3 Å². The number of alkyl carbamates (subject to hydrolysis) is 1. The van der Waals surface area contributed by atoms with Gasteiger partial charge in [0.25, 0.3) is 11.8 Å². The highest BCUT2D eigenvalue weighted by atomic mass is 35.5. The summed E-state index contributed by atoms with van der Waals surface area (Å²) in [7, 11) is 0. The number of benzene rings is 2. The van der Waals surface area contributed by atoms with Crippen LogP contribution in [0.3, 0.4) is 0 Å². The molecule has 0 radical (unpaired) electrons. The lowest BCUT2D eigenvalue weighted by molar-refractivity contribution is -0.137. The van der Waals surface area contributed by atoms with Crippen molar-refractivity contribution < 1.29 is 29.0 Å². The van der Waals surface area contributed by atoms with Gasteiger partial charge in [-0.2, -0.15) is 0 Å². The highest BCUT2D eigenvalue weighted by Gasteiger charge is 2.38. The highest BCUT2D eigenvalue weighted by Crippen LogP contribution is 2.25. The van der Waals surface area contributed by atoms with Crippen molar-refractivity contribution in [1.29, 1.82) is 0 Å². The maximum Gasteiger partial charge on any atom is 0.408 e. The Morgan fingerprint density at radius 3 is 2.32 bits per heavy atom. The number of rotatable bonds is 14. The molecule has 5 N–H and O–H groups in total. The van der Waals surface area contributed by atoms with Crippen LogP contribution in [0.5, 0.6) is 0 Å². The summed E-state index contributed by atoms with van der Waals surface area (Å²) in [6, 6.07) is 12.7. The Bertz CT molecular complexity index is 1340. The molecule has 1 aliphatic heterocycles. The number of amides is 4. The predicted molar refractivity (Wildman–Crippen MR) is 167 cm³/mol. The molecule has 2 aromatic rings. The molecule has 1 heterocycles. The standard InChI is InChI=1S/C32H40Cl2N4O6/c1-18(2)13-27(30(41)37-26(17-21-11-12-35-29(21)40)28(39)31(42)36-24-9-10-24)44-32(43)38-25(20-6-4-8-23(34)16-20)15-19-5-3-7-22(33)14-19/h3-8,14,16,18,21,24-28,39H,9-13,15,17H2,1-2H3,(H,35,40)(H,36,42)(H,37,41)(H,38,43)/t21-,25?,26-,27-,28-/m0/s1. The van der Waals surface area contributed by atoms with Crippen molar-refractivity contribution in [2.24, 2.45) is 11.8 Å². The first kappa shape index (κ1) is 33.6. The van der Waals surface area contributed by atoms with Crippen LogP contribution >= 0.6 is 23.2 Å². The second kappa shape index (κ2) is 15.6. The molecule has 2 aliphatic rings. The summed E-state index contributed by atoms with van der Waals surface area (Å²) >= 11 is 12.4. The molecule has 238 valence electrons. The molecule has 0 spiro atoms. The van der Waals surface area contributed by atoms with E-state index in [0.717, 1.165) is 24.0 Å². The third-order valence-corrected chi connectivity index (χ3v) is 8.17. The van der Waals surface area contributed by atoms with Crippen molar-refractivity contribution in [3.8, 4) is 0 Å². The Labute approximate surface area is 267 Å². The number of hydrogen-bond donors (Lipinski definition) is 5. The van der Waals surface area contributed by atoms with E-state index in [9.17, 15) is 24.3 Å². The third kappa shape index (κ3) is 10.1. The SMILES string of the molecule is CC(C)C[C@H](OC(=O)NC(Cc1cccc(Cl)c1)c1cccc(Cl)c1)C(=O)N[C@@H](C[C@@H]1CCNC1=O)[C@H](O)C(=O)NC1CC1. The topological polar surface area (TPSA) is 146 Å². The van der Waals surface area contributed by atoms with Gasteiger partial charge in [0.05, 0.1) is 12.1 Å². The van der Waals surface area contributed by atoms with Gasteiger partial charge in [0.2, 0.25) is 5.91 Å². The number of aliphatic hydroxyl groups excluding tert-OH is 1. The van der Waals surface area contributed by atoms with E-state index in [1.165, 1.54) is 0 Å². The molecule has 0 aromatic heterocycles. The first-order valence-electron chi connectivity index (χ1n) is 15.0. The van der Waals surface area contributed by atoms with Crippen LogP contribution in [0.1, 0.15) is 63.1 Å². The number of carbonyl (C=O) groups is 4. The first-order chi connectivity index (χ1) is 21.0. The van der Waals surface area contributed by atoms with E-state index in [1.54, 1.807) is 30.3 Å². The van der Waals surface area contributed by atoms with Gasteiger partial charge < -0.3 is 31.1 Å². The molecular weight excluding hydrogens is 607 g/mol. The Hall–Kier alpha value is -3.34. The molecule has 12 heteroatoms. The molecule has 2 aromatic carbocycles. The number of halogens is 2. The van der Waals surface area contributed by atoms with Gasteiger partial charge in [0.1, 0.15) is 0 Å². The lowest BCUT2D eigenvalue weighted by Gasteiger charge is -2.28. The summed E-state index contributed by atoms with van der Waals surface area (Å²) in [5.41, 5.74) is 1.61. The molecule has 1 saturated carbocycles. The van der Waals surface area contributed by atoms with Crippen LogP contribution in [0.15, 0.2) is 48.5 Å². The zero-order valence-electron chi connectivity index (χ0n) is 24.9. The molecule has 5 atom stereocenters. The van der Waals surface area contributed by atoms with Gasteiger partial charge in [0, 0.05) is 28.5 Å². The van der Waals surface area contributed by atoms with E-state index in [1.807, 2.05) is 32.0 Å². The second-order valence-corrected chi connectivity index (χ2v) is 12.8. The van der Waals surface area contributed by atoms with Crippen LogP contribution in [-0.4, -0.2) is 59.8 Å². The zero-order chi connectivity index (χ0) is 31.8. The smallest absolute Gasteiger partial charge is 0.408 e. The van der Waals surface area contributed by atoms with Crippen molar-refractivity contribution in [2.45, 2.75) is 82.7 Å². The molecule has 4 amide bonds. The number of ether oxygens (including phenoxy) is 1. The minimum atomic E-state index is -1.58. The maximum atomic E-state index is 13.6. The van der Waals surface area contributed by atoms with Crippen LogP contribution < -0.4 is 21.3 Å². The second-order valence-electron chi connectivity index (χ2n) is 12.0. The van der Waals surface area contributed by atoms with Crippen LogP contribution in [0.25, 0.3) is 0 Å². The summed E-state index contributed by atoms with van der Waals surface area (Å²) in [4.78, 5) is 51.9. The monoisotopic (exact) mass is 646 g/mol. The molecule has 1 aliphatic carbocycles. The van der Waals surface area contributed by atoms with Gasteiger partial charge in [-0.15, -0.1) is 0 Å². The van der Waals surface area contributed by atoms with E-state index in [-0.39, 0.29) is 30.7 Å². The molecule has 1 saturated heterocycles. The van der Waals surface area contributed by atoms with Crippen LogP contribution in [-0.2, 0) is 25.5 Å². The maximum absolute atomic E-state index is 13.6. The summed E-state index contributed by atoms with van der Waals surface area (Å²) in [5, 5.41) is 23.1. The van der Waals surface area contributed by atoms with Crippen molar-refractivity contribution in [1.82, 2.24) is 21.3 Å². The lowest BCUT2D eigenvalue weighted by atomic mass is 9.94. The van der Waals surface area contributed by atoms with Crippen LogP contribution in [0.4, 0.5) is 4.79 Å². The number of aliphatic hydroxyl groups is 1. The van der Waals surface area contributed by atoms with E-state index < -0.39 is 48.1 Å². The fourth-order valence-corrected chi connectivity index (χ4v) is 5.64. The Morgan fingerprint density at radius 2 is 1.70 bits per heavy atom. The fraction of sp³-hybridized carbons (Fsp3) is 0.500. The fourth-order valence-electron chi connectivity index (χ4n) is 5.23. The molecule has 1 unspecified atom stereocenters. The number of carbonyl (C=O) groups excluding carboxylic acids is 4. The largest absolute Gasteiger partial charge is 0.436 e. The minimum Gasteiger partial charge on any atom is -0.436 e. The van der Waals surface area contributed by atoms with E-state index >= 15 is 0 Å². The van der Waals surface area contributed by atoms with Gasteiger partial charge in [-0.3, -0.25) is 14.4 Å². The van der Waals surface area contributed by atoms with E-state index in [4.69, 9.17) is 27.9 Å². The van der Waals surface area contributed by atoms with Crippen molar-refractivity contribution in [3.63, 3.8) is 0 Å². The summed E-state index contributed by atoms with van der Waals surface area (Å²) < 4.78 is 5.69. The Morgan fingerprint density at radius 1 is 1.00 bits per heavy atom. The molecule has 2 fully saturated rings. The Kier molecular flexibility index (Phi) is 11.9. The quantitative estimate of drug-likeness (QED) is 0.209. The average molecular weight is 648 g/mol. The molecule has 44 heavy (non-hydrogen) atoms. The zero-order valence-corrected chi connectivity index (χ0v) is 26.4. The van der Waals surface area contributed by atoms with Gasteiger partial charge in [-0.05, 0) is 79.8 Å². The van der Waals surface area contributed by atoms with E-state index in [0.29, 0.717) is 29.4 Å². The van der Waals surface area contributed by atoms with Gasteiger partial charge >= 0.3 is 6.09 Å². The molecule has 0 bridgehead atoms. The van der Waals surface area contributed by atoms with Gasteiger partial charge in [0.15, 0.2) is 12.2 Å². The average Bonchev–Trinajstić information content (AvgIpc) is 3.69. The molecule has 10 nitrogen and oxygen atoms in total. The molecule has 4 rings (SSSR count). The van der Waals surface area contributed by atoms with E-state index in [2.05, 4.69) is 21.3 Å². The Balaban J connectivity index is 1.48. The summed E-state index contributed by atoms with van der Waals surface area (Å²) in [6.07, 6.45) is -0.813. The van der Waals surface area contributed by atoms with Crippen LogP contribution in [0.2, 0.25) is 10.0 Å². The lowest BCUT2D eigenvalue weighted by Crippen LogP contribution is -2.54. The normalized spacial score (nSPS) is 19.0. The number of nitrogens with one attached hydrogen (secondary N) is 4. The predicted octanol–water partition coefficient (Wildman–Crippen LogP) is 4.07.